The molecule has 2 rings (SSSR count). The molecule has 2 aromatic carbocycles. The topological polar surface area (TPSA) is 44.8 Å². The second-order valence-electron chi connectivity index (χ2n) is 5.61. The van der Waals surface area contributed by atoms with E-state index in [1.165, 1.54) is 13.2 Å². The van der Waals surface area contributed by atoms with Crippen LogP contribution in [0.3, 0.4) is 0 Å². The van der Waals surface area contributed by atoms with Gasteiger partial charge in [0, 0.05) is 6.08 Å². The van der Waals surface area contributed by atoms with E-state index in [1.54, 1.807) is 6.08 Å². The first kappa shape index (κ1) is 19.6. The molecular formula is C22H24O4. The molecule has 2 aromatic rings. The molecule has 0 heterocycles. The first-order valence-electron chi connectivity index (χ1n) is 8.46. The van der Waals surface area contributed by atoms with Gasteiger partial charge in [0.1, 0.15) is 0 Å². The van der Waals surface area contributed by atoms with E-state index in [1.807, 2.05) is 66.7 Å². The standard InChI is InChI=1S/C22H24O4/c1-24-22(23)13-12-21(18-26-17-20-10-6-3-7-11-20)14-15-25-16-19-8-4-2-5-9-19/h2-14H,15-18H2,1H3/b13-12+,21-14-. The molecule has 0 saturated heterocycles. The molecule has 0 saturated carbocycles. The lowest BCUT2D eigenvalue weighted by Crippen LogP contribution is -2.01. The van der Waals surface area contributed by atoms with Crippen molar-refractivity contribution in [2.45, 2.75) is 13.2 Å². The van der Waals surface area contributed by atoms with Gasteiger partial charge in [0.05, 0.1) is 33.5 Å². The molecule has 0 aliphatic carbocycles. The van der Waals surface area contributed by atoms with Crippen molar-refractivity contribution in [3.05, 3.63) is 95.6 Å². The molecule has 0 amide bonds. The van der Waals surface area contributed by atoms with Crippen LogP contribution in [-0.2, 0) is 32.2 Å². The zero-order valence-corrected chi connectivity index (χ0v) is 15.0. The number of methoxy groups -OCH3 is 1. The molecule has 0 unspecified atom stereocenters. The summed E-state index contributed by atoms with van der Waals surface area (Å²) in [5, 5.41) is 0. The molecular weight excluding hydrogens is 328 g/mol. The minimum Gasteiger partial charge on any atom is -0.466 e. The average molecular weight is 352 g/mol. The van der Waals surface area contributed by atoms with E-state index in [-0.39, 0.29) is 0 Å². The van der Waals surface area contributed by atoms with E-state index in [2.05, 4.69) is 4.74 Å². The summed E-state index contributed by atoms with van der Waals surface area (Å²) in [4.78, 5) is 11.3. The van der Waals surface area contributed by atoms with Crippen LogP contribution in [0.1, 0.15) is 11.1 Å². The maximum absolute atomic E-state index is 11.3. The normalized spacial score (nSPS) is 11.7. The van der Waals surface area contributed by atoms with Crippen molar-refractivity contribution in [1.29, 1.82) is 0 Å². The van der Waals surface area contributed by atoms with Gasteiger partial charge in [0.25, 0.3) is 0 Å². The molecule has 0 N–H and O–H groups in total. The summed E-state index contributed by atoms with van der Waals surface area (Å²) in [5.41, 5.74) is 3.08. The van der Waals surface area contributed by atoms with Crippen molar-refractivity contribution < 1.29 is 19.0 Å². The van der Waals surface area contributed by atoms with Gasteiger partial charge in [-0.15, -0.1) is 0 Å². The summed E-state index contributed by atoms with van der Waals surface area (Å²) in [6, 6.07) is 19.9. The number of carbonyl (C=O) groups excluding carboxylic acids is 1. The van der Waals surface area contributed by atoms with Crippen molar-refractivity contribution in [2.24, 2.45) is 0 Å². The van der Waals surface area contributed by atoms with Gasteiger partial charge in [0.15, 0.2) is 0 Å². The number of hydrogen-bond donors (Lipinski definition) is 0. The number of ether oxygens (including phenoxy) is 3. The summed E-state index contributed by atoms with van der Waals surface area (Å²) in [6.45, 7) is 1.87. The van der Waals surface area contributed by atoms with Crippen LogP contribution in [0.2, 0.25) is 0 Å². The van der Waals surface area contributed by atoms with Crippen molar-refractivity contribution >= 4 is 5.97 Å². The Morgan fingerprint density at radius 2 is 1.42 bits per heavy atom. The average Bonchev–Trinajstić information content (AvgIpc) is 2.70. The van der Waals surface area contributed by atoms with Crippen LogP contribution in [0, 0.1) is 0 Å². The number of hydrogen-bond acceptors (Lipinski definition) is 4. The fraction of sp³-hybridized carbons (Fsp3) is 0.227. The van der Waals surface area contributed by atoms with E-state index in [9.17, 15) is 4.79 Å². The van der Waals surface area contributed by atoms with E-state index in [0.717, 1.165) is 16.7 Å². The Balaban J connectivity index is 1.85. The van der Waals surface area contributed by atoms with Gasteiger partial charge in [-0.2, -0.15) is 0 Å². The Kier molecular flexibility index (Phi) is 8.90. The summed E-state index contributed by atoms with van der Waals surface area (Å²) in [5.74, 6) is -0.399. The zero-order valence-electron chi connectivity index (χ0n) is 15.0. The molecule has 0 spiro atoms. The van der Waals surface area contributed by atoms with Gasteiger partial charge in [-0.05, 0) is 22.8 Å². The molecule has 0 aliphatic heterocycles. The number of rotatable bonds is 10. The van der Waals surface area contributed by atoms with Crippen LogP contribution in [0.5, 0.6) is 0 Å². The molecule has 4 nitrogen and oxygen atoms in total. The monoisotopic (exact) mass is 352 g/mol. The van der Waals surface area contributed by atoms with Crippen LogP contribution in [0.4, 0.5) is 0 Å². The lowest BCUT2D eigenvalue weighted by atomic mass is 10.2. The second-order valence-corrected chi connectivity index (χ2v) is 5.61. The first-order chi connectivity index (χ1) is 12.8. The zero-order chi connectivity index (χ0) is 18.5. The summed E-state index contributed by atoms with van der Waals surface area (Å²) in [6.07, 6.45) is 4.99. The third-order valence-corrected chi connectivity index (χ3v) is 3.59. The molecule has 0 aliphatic rings. The Bertz CT molecular complexity index is 705. The van der Waals surface area contributed by atoms with Gasteiger partial charge in [-0.1, -0.05) is 66.7 Å². The van der Waals surface area contributed by atoms with E-state index < -0.39 is 5.97 Å². The van der Waals surface area contributed by atoms with Crippen LogP contribution in [0.25, 0.3) is 0 Å². The van der Waals surface area contributed by atoms with Gasteiger partial charge in [-0.3, -0.25) is 0 Å². The maximum atomic E-state index is 11.3. The highest BCUT2D eigenvalue weighted by atomic mass is 16.5. The highest BCUT2D eigenvalue weighted by Crippen LogP contribution is 2.06. The van der Waals surface area contributed by atoms with E-state index >= 15 is 0 Å². The summed E-state index contributed by atoms with van der Waals surface area (Å²) >= 11 is 0. The highest BCUT2D eigenvalue weighted by Gasteiger charge is 1.99. The maximum Gasteiger partial charge on any atom is 0.330 e. The molecule has 0 fully saturated rings. The Morgan fingerprint density at radius 1 is 0.846 bits per heavy atom. The number of esters is 1. The van der Waals surface area contributed by atoms with Crippen molar-refractivity contribution in [2.75, 3.05) is 20.3 Å². The number of carbonyl (C=O) groups is 1. The first-order valence-corrected chi connectivity index (χ1v) is 8.46. The van der Waals surface area contributed by atoms with Gasteiger partial charge < -0.3 is 14.2 Å². The smallest absolute Gasteiger partial charge is 0.330 e. The van der Waals surface area contributed by atoms with Crippen LogP contribution in [0.15, 0.2) is 84.5 Å². The lowest BCUT2D eigenvalue weighted by molar-refractivity contribution is -0.134. The molecule has 0 atom stereocenters. The summed E-state index contributed by atoms with van der Waals surface area (Å²) in [7, 11) is 1.35. The van der Waals surface area contributed by atoms with Crippen molar-refractivity contribution in [1.82, 2.24) is 0 Å². The molecule has 136 valence electrons. The molecule has 0 radical (unpaired) electrons. The van der Waals surface area contributed by atoms with Crippen molar-refractivity contribution in [3.63, 3.8) is 0 Å². The third kappa shape index (κ3) is 7.92. The third-order valence-electron chi connectivity index (χ3n) is 3.59. The molecule has 0 bridgehead atoms. The lowest BCUT2D eigenvalue weighted by Gasteiger charge is -2.07. The van der Waals surface area contributed by atoms with Crippen LogP contribution >= 0.6 is 0 Å². The predicted molar refractivity (Wildman–Crippen MR) is 101 cm³/mol. The highest BCUT2D eigenvalue weighted by molar-refractivity contribution is 5.82. The number of benzene rings is 2. The van der Waals surface area contributed by atoms with Crippen molar-refractivity contribution in [3.8, 4) is 0 Å². The SMILES string of the molecule is COC(=O)/C=C/C(=C/COCc1ccccc1)COCc1ccccc1. The summed E-state index contributed by atoms with van der Waals surface area (Å²) < 4.78 is 16.0. The minimum atomic E-state index is -0.399. The van der Waals surface area contributed by atoms with Gasteiger partial charge in [-0.25, -0.2) is 4.79 Å². The second kappa shape index (κ2) is 11.8. The Morgan fingerprint density at radius 3 is 2.00 bits per heavy atom. The Labute approximate surface area is 154 Å². The fourth-order valence-electron chi connectivity index (χ4n) is 2.20. The fourth-order valence-corrected chi connectivity index (χ4v) is 2.20. The molecule has 0 aromatic heterocycles. The van der Waals surface area contributed by atoms with Crippen LogP contribution in [-0.4, -0.2) is 26.3 Å². The minimum absolute atomic E-state index is 0.386. The van der Waals surface area contributed by atoms with Gasteiger partial charge >= 0.3 is 5.97 Å². The largest absolute Gasteiger partial charge is 0.466 e. The quantitative estimate of drug-likeness (QED) is 0.280. The van der Waals surface area contributed by atoms with Gasteiger partial charge in [0.2, 0.25) is 0 Å². The van der Waals surface area contributed by atoms with E-state index in [4.69, 9.17) is 9.47 Å². The molecule has 26 heavy (non-hydrogen) atoms. The van der Waals surface area contributed by atoms with E-state index in [0.29, 0.717) is 26.4 Å². The van der Waals surface area contributed by atoms with Crippen LogP contribution < -0.4 is 0 Å². The predicted octanol–water partition coefficient (Wildman–Crippen LogP) is 4.08. The molecule has 4 heteroatoms. The Hall–Kier alpha value is -2.69.